The molecule has 0 unspecified atom stereocenters. The van der Waals surface area contributed by atoms with Crippen LogP contribution in [-0.2, 0) is 11.3 Å². The van der Waals surface area contributed by atoms with Gasteiger partial charge in [0, 0.05) is 5.92 Å². The fourth-order valence-electron chi connectivity index (χ4n) is 3.58. The van der Waals surface area contributed by atoms with E-state index in [0.717, 1.165) is 0 Å². The highest BCUT2D eigenvalue weighted by atomic mass is 35.5. The van der Waals surface area contributed by atoms with Crippen molar-refractivity contribution in [2.45, 2.75) is 67.5 Å². The van der Waals surface area contributed by atoms with Gasteiger partial charge >= 0.3 is 35.8 Å². The highest BCUT2D eigenvalue weighted by Gasteiger charge is 2.96. The Kier molecular flexibility index (Phi) is 6.06. The Bertz CT molecular complexity index is 1030. The fraction of sp³-hybridized carbons (Fsp3) is 0.706. The second kappa shape index (κ2) is 7.71. The van der Waals surface area contributed by atoms with Crippen LogP contribution in [0, 0.1) is 5.92 Å². The van der Waals surface area contributed by atoms with Crippen molar-refractivity contribution in [2.75, 3.05) is 0 Å². The minimum Gasteiger partial charge on any atom is -0.298 e. The van der Waals surface area contributed by atoms with E-state index in [4.69, 9.17) is 11.6 Å². The lowest BCUT2D eigenvalue weighted by Gasteiger charge is -2.49. The van der Waals surface area contributed by atoms with Gasteiger partial charge in [-0.25, -0.2) is 0 Å². The monoisotopic (exact) mass is 556 g/mol. The summed E-state index contributed by atoms with van der Waals surface area (Å²) in [7, 11) is 0. The van der Waals surface area contributed by atoms with Gasteiger partial charge in [0.25, 0.3) is 0 Å². The molecule has 2 aliphatic rings. The van der Waals surface area contributed by atoms with E-state index in [-0.39, 0.29) is 10.4 Å². The van der Waals surface area contributed by atoms with Crippen molar-refractivity contribution >= 4 is 23.2 Å². The molecule has 0 N–H and O–H groups in total. The SMILES string of the molecule is O=C(CC(=O)C1C(F)(F)C(F)(F)C(F)(F)C(F)(F)C1(F)F)c1c(Cl)c(C2CC2)nn1CC(F)(F)F. The van der Waals surface area contributed by atoms with Crippen LogP contribution in [0.4, 0.5) is 57.1 Å². The number of rotatable bonds is 6. The molecule has 0 bridgehead atoms. The van der Waals surface area contributed by atoms with Crippen LogP contribution in [0.5, 0.6) is 0 Å². The van der Waals surface area contributed by atoms with Crippen molar-refractivity contribution in [3.8, 4) is 0 Å². The second-order valence-corrected chi connectivity index (χ2v) is 8.44. The van der Waals surface area contributed by atoms with Gasteiger partial charge in [-0.1, -0.05) is 11.6 Å². The van der Waals surface area contributed by atoms with Crippen molar-refractivity contribution in [3.05, 3.63) is 16.4 Å². The van der Waals surface area contributed by atoms with Gasteiger partial charge in [0.05, 0.1) is 17.1 Å². The zero-order valence-electron chi connectivity index (χ0n) is 16.5. The molecule has 0 radical (unpaired) electrons. The number of Topliss-reactive ketones (excluding diaryl/α,β-unsaturated/α-hetero) is 2. The third-order valence-corrected chi connectivity index (χ3v) is 5.86. The number of ketones is 2. The topological polar surface area (TPSA) is 52.0 Å². The molecular weight excluding hydrogens is 547 g/mol. The van der Waals surface area contributed by atoms with E-state index >= 15 is 0 Å². The van der Waals surface area contributed by atoms with E-state index in [1.54, 1.807) is 0 Å². The maximum atomic E-state index is 14.0. The van der Waals surface area contributed by atoms with E-state index in [9.17, 15) is 66.7 Å². The molecule has 2 saturated carbocycles. The molecule has 2 fully saturated rings. The molecule has 0 spiro atoms. The minimum absolute atomic E-state index is 0.139. The number of aromatic nitrogens is 2. The van der Waals surface area contributed by atoms with Crippen LogP contribution in [0.3, 0.4) is 0 Å². The minimum atomic E-state index is -7.32. The third-order valence-electron chi connectivity index (χ3n) is 5.48. The molecule has 3 rings (SSSR count). The molecule has 2 aliphatic carbocycles. The lowest BCUT2D eigenvalue weighted by atomic mass is 9.72. The van der Waals surface area contributed by atoms with E-state index in [1.165, 1.54) is 0 Å². The Balaban J connectivity index is 2.03. The molecule has 1 aromatic rings. The first-order chi connectivity index (χ1) is 15.5. The van der Waals surface area contributed by atoms with Gasteiger partial charge in [-0.3, -0.25) is 14.3 Å². The van der Waals surface area contributed by atoms with Crippen LogP contribution in [0.1, 0.15) is 41.4 Å². The highest BCUT2D eigenvalue weighted by Crippen LogP contribution is 2.67. The van der Waals surface area contributed by atoms with E-state index in [2.05, 4.69) is 5.10 Å². The number of carbonyl (C=O) groups excluding carboxylic acids is 2. The number of nitrogens with zero attached hydrogens (tertiary/aromatic N) is 2. The van der Waals surface area contributed by atoms with Crippen LogP contribution >= 0.6 is 11.6 Å². The molecule has 0 aromatic carbocycles. The Labute approximate surface area is 190 Å². The van der Waals surface area contributed by atoms with Gasteiger partial charge < -0.3 is 0 Å². The summed E-state index contributed by atoms with van der Waals surface area (Å²) in [6.45, 7) is -2.05. The lowest BCUT2D eigenvalue weighted by molar-refractivity contribution is -0.456. The summed E-state index contributed by atoms with van der Waals surface area (Å²) in [5, 5.41) is 2.58. The summed E-state index contributed by atoms with van der Waals surface area (Å²) in [6.07, 6.45) is -6.78. The zero-order chi connectivity index (χ0) is 27.2. The molecule has 1 aromatic heterocycles. The van der Waals surface area contributed by atoms with Gasteiger partial charge in [0.15, 0.2) is 17.5 Å². The quantitative estimate of drug-likeness (QED) is 0.248. The molecule has 4 nitrogen and oxygen atoms in total. The molecule has 0 amide bonds. The molecule has 1 heterocycles. The molecule has 18 heteroatoms. The number of hydrogen-bond donors (Lipinski definition) is 0. The average molecular weight is 557 g/mol. The summed E-state index contributed by atoms with van der Waals surface area (Å²) in [5.74, 6) is -46.0. The number of hydrogen-bond acceptors (Lipinski definition) is 3. The van der Waals surface area contributed by atoms with Crippen molar-refractivity contribution in [3.63, 3.8) is 0 Å². The standard InChI is InChI=1S/C17H10ClF13N2O2/c18-8-9(5-1-2-5)32-33(4-12(19,20)21)10(8)6(34)3-7(35)11-13(22,23)15(26,27)17(30,31)16(28,29)14(11,24)25/h5,11H,1-4H2. The van der Waals surface area contributed by atoms with Crippen LogP contribution in [0.2, 0.25) is 5.02 Å². The molecule has 0 atom stereocenters. The van der Waals surface area contributed by atoms with Crippen molar-refractivity contribution in [1.82, 2.24) is 9.78 Å². The normalized spacial score (nSPS) is 24.9. The van der Waals surface area contributed by atoms with Crippen LogP contribution < -0.4 is 0 Å². The second-order valence-electron chi connectivity index (χ2n) is 8.06. The Hall–Kier alpha value is -2.07. The molecule has 198 valence electrons. The third kappa shape index (κ3) is 3.87. The van der Waals surface area contributed by atoms with Crippen LogP contribution in [0.25, 0.3) is 0 Å². The molecular formula is C17H10ClF13N2O2. The Morgan fingerprint density at radius 1 is 0.886 bits per heavy atom. The van der Waals surface area contributed by atoms with E-state index < -0.39 is 82.9 Å². The highest BCUT2D eigenvalue weighted by molar-refractivity contribution is 6.35. The first kappa shape index (κ1) is 27.5. The first-order valence-electron chi connectivity index (χ1n) is 9.30. The lowest BCUT2D eigenvalue weighted by Crippen LogP contribution is -2.78. The predicted octanol–water partition coefficient (Wildman–Crippen LogP) is 5.92. The summed E-state index contributed by atoms with van der Waals surface area (Å²) in [4.78, 5) is 24.5. The van der Waals surface area contributed by atoms with Gasteiger partial charge in [-0.05, 0) is 12.8 Å². The average Bonchev–Trinajstić information content (AvgIpc) is 3.43. The largest absolute Gasteiger partial charge is 0.408 e. The first-order valence-corrected chi connectivity index (χ1v) is 9.68. The summed E-state index contributed by atoms with van der Waals surface area (Å²) < 4.78 is 175. The molecule has 0 saturated heterocycles. The Morgan fingerprint density at radius 2 is 1.34 bits per heavy atom. The van der Waals surface area contributed by atoms with Crippen molar-refractivity contribution in [1.29, 1.82) is 0 Å². The smallest absolute Gasteiger partial charge is 0.298 e. The van der Waals surface area contributed by atoms with Gasteiger partial charge in [0.1, 0.15) is 12.2 Å². The maximum Gasteiger partial charge on any atom is 0.408 e. The van der Waals surface area contributed by atoms with Gasteiger partial charge in [0.2, 0.25) is 0 Å². The zero-order valence-corrected chi connectivity index (χ0v) is 17.2. The van der Waals surface area contributed by atoms with Crippen molar-refractivity contribution in [2.24, 2.45) is 5.92 Å². The summed E-state index contributed by atoms with van der Waals surface area (Å²) >= 11 is 5.78. The van der Waals surface area contributed by atoms with Crippen LogP contribution in [0.15, 0.2) is 0 Å². The Morgan fingerprint density at radius 3 is 1.74 bits per heavy atom. The van der Waals surface area contributed by atoms with Crippen molar-refractivity contribution < 1.29 is 66.7 Å². The van der Waals surface area contributed by atoms with E-state index in [1.807, 2.05) is 0 Å². The fourth-order valence-corrected chi connectivity index (χ4v) is 3.98. The molecule has 35 heavy (non-hydrogen) atoms. The molecule has 0 aliphatic heterocycles. The maximum absolute atomic E-state index is 14.0. The summed E-state index contributed by atoms with van der Waals surface area (Å²) in [5.41, 5.74) is -1.62. The number of carbonyl (C=O) groups is 2. The number of halogens is 14. The van der Waals surface area contributed by atoms with Crippen LogP contribution in [-0.4, -0.2) is 57.1 Å². The predicted molar refractivity (Wildman–Crippen MR) is 87.4 cm³/mol. The van der Waals surface area contributed by atoms with E-state index in [0.29, 0.717) is 12.8 Å². The van der Waals surface area contributed by atoms with Gasteiger partial charge in [-0.2, -0.15) is 62.2 Å². The number of alkyl halides is 13. The summed E-state index contributed by atoms with van der Waals surface area (Å²) in [6, 6.07) is 0. The van der Waals surface area contributed by atoms with Gasteiger partial charge in [-0.15, -0.1) is 0 Å².